The lowest BCUT2D eigenvalue weighted by molar-refractivity contribution is -0.134. The first-order valence-corrected chi connectivity index (χ1v) is 18.9. The molecule has 4 aromatic rings. The number of carbonyl (C=O) groups excluding carboxylic acids is 3. The average Bonchev–Trinajstić information content (AvgIpc) is 3.38. The molecule has 7 rings (SSSR count). The maximum atomic E-state index is 12.7. The molecule has 11 nitrogen and oxygen atoms in total. The second-order valence-electron chi connectivity index (χ2n) is 13.8. The van der Waals surface area contributed by atoms with Gasteiger partial charge >= 0.3 is 18.0 Å². The SMILES string of the molecule is COC(=O)C1=Cc2ccccc2C(N2CCN(C(=O)OC(C)(C)C)CC2)c2ncc(Br)cc21.COC(=O)C1=Cc2ccccc2C(O)c2ncc(Br)cc21. The number of fused-ring (bicyclic) bond motifs is 4. The molecule has 1 amide bonds. The summed E-state index contributed by atoms with van der Waals surface area (Å²) in [5.41, 5.74) is 6.39. The molecule has 0 spiro atoms. The van der Waals surface area contributed by atoms with Crippen molar-refractivity contribution in [1.29, 1.82) is 0 Å². The number of ether oxygens (including phenoxy) is 3. The topological polar surface area (TPSA) is 131 Å². The lowest BCUT2D eigenvalue weighted by atomic mass is 9.95. The summed E-state index contributed by atoms with van der Waals surface area (Å²) >= 11 is 6.85. The molecule has 1 saturated heterocycles. The third-order valence-corrected chi connectivity index (χ3v) is 10.1. The number of hydrogen-bond acceptors (Lipinski definition) is 10. The molecule has 0 bridgehead atoms. The number of nitrogens with zero attached hydrogens (tertiary/aromatic N) is 4. The van der Waals surface area contributed by atoms with E-state index in [0.717, 1.165) is 36.9 Å². The lowest BCUT2D eigenvalue weighted by Crippen LogP contribution is -2.51. The molecule has 2 aliphatic carbocycles. The Morgan fingerprint density at radius 1 is 0.741 bits per heavy atom. The molecule has 1 N–H and O–H groups in total. The third-order valence-electron chi connectivity index (χ3n) is 9.19. The van der Waals surface area contributed by atoms with Crippen LogP contribution in [-0.4, -0.2) is 88.9 Å². The molecule has 2 unspecified atom stereocenters. The molecule has 1 aliphatic heterocycles. The number of piperazine rings is 1. The van der Waals surface area contributed by atoms with Gasteiger partial charge in [-0.05, 0) is 99.2 Å². The highest BCUT2D eigenvalue weighted by Gasteiger charge is 2.36. The van der Waals surface area contributed by atoms with E-state index in [0.29, 0.717) is 54.1 Å². The molecule has 2 aromatic carbocycles. The minimum absolute atomic E-state index is 0.163. The second kappa shape index (κ2) is 16.4. The monoisotopic (exact) mass is 858 g/mol. The van der Waals surface area contributed by atoms with Crippen molar-refractivity contribution in [3.05, 3.63) is 127 Å². The number of pyridine rings is 2. The number of esters is 2. The molecular formula is C41H40Br2N4O7. The first-order valence-electron chi connectivity index (χ1n) is 17.3. The van der Waals surface area contributed by atoms with E-state index < -0.39 is 23.6 Å². The predicted octanol–water partition coefficient (Wildman–Crippen LogP) is 7.47. The van der Waals surface area contributed by atoms with Gasteiger partial charge in [-0.1, -0.05) is 48.5 Å². The first-order chi connectivity index (χ1) is 25.8. The Kier molecular flexibility index (Phi) is 11.8. The first kappa shape index (κ1) is 39.0. The smallest absolute Gasteiger partial charge is 0.410 e. The number of aliphatic hydroxyl groups is 1. The van der Waals surface area contributed by atoms with Crippen LogP contribution in [0.25, 0.3) is 23.3 Å². The zero-order valence-corrected chi connectivity index (χ0v) is 33.7. The molecule has 3 aliphatic rings. The lowest BCUT2D eigenvalue weighted by Gasteiger charge is -2.40. The van der Waals surface area contributed by atoms with Gasteiger partial charge < -0.3 is 24.2 Å². The van der Waals surface area contributed by atoms with Crippen LogP contribution in [0.15, 0.2) is 82.0 Å². The quantitative estimate of drug-likeness (QED) is 0.164. The van der Waals surface area contributed by atoms with Crippen LogP contribution in [0.3, 0.4) is 0 Å². The molecular weight excluding hydrogens is 820 g/mol. The van der Waals surface area contributed by atoms with Crippen molar-refractivity contribution in [2.75, 3.05) is 40.4 Å². The van der Waals surface area contributed by atoms with Gasteiger partial charge in [0, 0.05) is 58.6 Å². The standard InChI is InChI=1S/C25H28BrN3O4.C16H12BrNO3/c1-25(2,3)33-24(31)29-11-9-28(10-12-29)22-18-8-6-5-7-16(18)13-20(23(30)32-4)19-14-17(26)15-27-21(19)22;1-21-16(20)13-6-9-4-2-3-5-11(9)15(19)14-12(13)7-10(17)8-18-14/h5-8,13-15,22H,9-12H2,1-4H3;2-8,15,19H,1H3. The highest BCUT2D eigenvalue weighted by Crippen LogP contribution is 2.41. The van der Waals surface area contributed by atoms with E-state index in [-0.39, 0.29) is 12.1 Å². The zero-order valence-electron chi connectivity index (χ0n) is 30.5. The molecule has 54 heavy (non-hydrogen) atoms. The van der Waals surface area contributed by atoms with Crippen LogP contribution >= 0.6 is 31.9 Å². The third kappa shape index (κ3) is 8.34. The summed E-state index contributed by atoms with van der Waals surface area (Å²) in [7, 11) is 2.72. The minimum atomic E-state index is -0.886. The Hall–Kier alpha value is -4.69. The van der Waals surface area contributed by atoms with E-state index in [2.05, 4.69) is 47.8 Å². The van der Waals surface area contributed by atoms with E-state index in [9.17, 15) is 19.5 Å². The van der Waals surface area contributed by atoms with Gasteiger partial charge in [-0.25, -0.2) is 14.4 Å². The van der Waals surface area contributed by atoms with Gasteiger partial charge in [-0.2, -0.15) is 0 Å². The molecule has 3 heterocycles. The van der Waals surface area contributed by atoms with Crippen LogP contribution in [0, 0.1) is 0 Å². The van der Waals surface area contributed by atoms with Crippen molar-refractivity contribution in [1.82, 2.24) is 19.8 Å². The Morgan fingerprint density at radius 3 is 1.76 bits per heavy atom. The van der Waals surface area contributed by atoms with Crippen LogP contribution in [0.4, 0.5) is 4.79 Å². The summed E-state index contributed by atoms with van der Waals surface area (Å²) in [5.74, 6) is -0.860. The van der Waals surface area contributed by atoms with Crippen molar-refractivity contribution in [2.24, 2.45) is 0 Å². The van der Waals surface area contributed by atoms with Crippen LogP contribution in [0.5, 0.6) is 0 Å². The van der Waals surface area contributed by atoms with E-state index in [1.54, 1.807) is 29.4 Å². The molecule has 0 saturated carbocycles. The van der Waals surface area contributed by atoms with Crippen molar-refractivity contribution in [3.63, 3.8) is 0 Å². The maximum absolute atomic E-state index is 12.7. The minimum Gasteiger partial charge on any atom is -0.465 e. The highest BCUT2D eigenvalue weighted by molar-refractivity contribution is 9.10. The molecule has 2 atom stereocenters. The van der Waals surface area contributed by atoms with E-state index in [1.807, 2.05) is 75.4 Å². The number of benzene rings is 2. The normalized spacial score (nSPS) is 17.7. The Bertz CT molecular complexity index is 2160. The van der Waals surface area contributed by atoms with Crippen LogP contribution < -0.4 is 0 Å². The summed E-state index contributed by atoms with van der Waals surface area (Å²) in [5, 5.41) is 10.6. The second-order valence-corrected chi connectivity index (χ2v) is 15.7. The maximum Gasteiger partial charge on any atom is 0.410 e. The van der Waals surface area contributed by atoms with Gasteiger partial charge in [-0.15, -0.1) is 0 Å². The van der Waals surface area contributed by atoms with Crippen molar-refractivity contribution in [2.45, 2.75) is 38.5 Å². The molecule has 1 fully saturated rings. The number of aliphatic hydroxyl groups excluding tert-OH is 1. The number of methoxy groups -OCH3 is 2. The molecule has 13 heteroatoms. The largest absolute Gasteiger partial charge is 0.465 e. The van der Waals surface area contributed by atoms with Gasteiger partial charge in [0.05, 0.1) is 42.8 Å². The van der Waals surface area contributed by atoms with Crippen LogP contribution in [-0.2, 0) is 23.8 Å². The Labute approximate surface area is 330 Å². The summed E-state index contributed by atoms with van der Waals surface area (Å²) in [6.45, 7) is 8.03. The Morgan fingerprint density at radius 2 is 1.22 bits per heavy atom. The summed E-state index contributed by atoms with van der Waals surface area (Å²) in [4.78, 5) is 50.5. The van der Waals surface area contributed by atoms with Crippen LogP contribution in [0.2, 0.25) is 0 Å². The van der Waals surface area contributed by atoms with Crippen molar-refractivity contribution >= 4 is 73.2 Å². The zero-order chi connectivity index (χ0) is 38.7. The highest BCUT2D eigenvalue weighted by atomic mass is 79.9. The van der Waals surface area contributed by atoms with Crippen molar-refractivity contribution < 1.29 is 33.7 Å². The summed E-state index contributed by atoms with van der Waals surface area (Å²) in [6, 6.07) is 18.9. The van der Waals surface area contributed by atoms with Gasteiger partial charge in [0.25, 0.3) is 0 Å². The number of aromatic nitrogens is 2. The van der Waals surface area contributed by atoms with Gasteiger partial charge in [0.2, 0.25) is 0 Å². The fraction of sp³-hybridized carbons (Fsp3) is 0.293. The fourth-order valence-electron chi connectivity index (χ4n) is 6.73. The van der Waals surface area contributed by atoms with Crippen LogP contribution in [0.1, 0.15) is 77.7 Å². The molecule has 2 aromatic heterocycles. The number of carbonyl (C=O) groups is 3. The molecule has 280 valence electrons. The number of rotatable bonds is 3. The van der Waals surface area contributed by atoms with Gasteiger partial charge in [0.1, 0.15) is 11.7 Å². The van der Waals surface area contributed by atoms with Crippen molar-refractivity contribution in [3.8, 4) is 0 Å². The summed E-state index contributed by atoms with van der Waals surface area (Å²) < 4.78 is 17.0. The van der Waals surface area contributed by atoms with Gasteiger partial charge in [-0.3, -0.25) is 14.9 Å². The number of halogens is 2. The number of hydrogen-bond donors (Lipinski definition) is 1. The molecule has 0 radical (unpaired) electrons. The predicted molar refractivity (Wildman–Crippen MR) is 212 cm³/mol. The van der Waals surface area contributed by atoms with E-state index in [1.165, 1.54) is 14.2 Å². The average molecular weight is 861 g/mol. The number of amides is 1. The fourth-order valence-corrected chi connectivity index (χ4v) is 7.39. The van der Waals surface area contributed by atoms with Gasteiger partial charge in [0.15, 0.2) is 0 Å². The van der Waals surface area contributed by atoms with E-state index >= 15 is 0 Å². The van der Waals surface area contributed by atoms with E-state index in [4.69, 9.17) is 19.2 Å². The Balaban J connectivity index is 0.000000203. The summed E-state index contributed by atoms with van der Waals surface area (Å²) in [6.07, 6.45) is 5.79.